The van der Waals surface area contributed by atoms with Crippen LogP contribution in [0.5, 0.6) is 0 Å². The molecule has 0 atom stereocenters. The molecule has 1 amide bonds. The van der Waals surface area contributed by atoms with Gasteiger partial charge in [0, 0.05) is 19.2 Å². The molecule has 0 aromatic rings. The molecule has 0 aliphatic carbocycles. The van der Waals surface area contributed by atoms with Crippen molar-refractivity contribution in [1.82, 2.24) is 4.90 Å². The smallest absolute Gasteiger partial charge is 0.407 e. The minimum Gasteiger partial charge on any atom is -0.465 e. The fraction of sp³-hybridized carbons (Fsp3) is 0.600. The van der Waals surface area contributed by atoms with Crippen molar-refractivity contribution < 1.29 is 9.90 Å². The van der Waals surface area contributed by atoms with Crippen molar-refractivity contribution in [2.75, 3.05) is 13.1 Å². The molecule has 1 aliphatic heterocycles. The van der Waals surface area contributed by atoms with E-state index >= 15 is 0 Å². The maximum absolute atomic E-state index is 10.6. The SMILES string of the molecule is CC1(/C=C/C#N)CCN(C(=O)O)CC1. The molecule has 1 N–H and O–H groups in total. The fourth-order valence-electron chi connectivity index (χ4n) is 1.61. The predicted octanol–water partition coefficient (Wildman–Crippen LogP) is 1.85. The van der Waals surface area contributed by atoms with Gasteiger partial charge in [0.1, 0.15) is 0 Å². The average Bonchev–Trinajstić information content (AvgIpc) is 2.16. The summed E-state index contributed by atoms with van der Waals surface area (Å²) in [4.78, 5) is 12.1. The molecule has 1 saturated heterocycles. The first kappa shape index (κ1) is 10.6. The van der Waals surface area contributed by atoms with Gasteiger partial charge in [-0.25, -0.2) is 4.79 Å². The van der Waals surface area contributed by atoms with Crippen molar-refractivity contribution >= 4 is 6.09 Å². The Bertz CT molecular complexity index is 283. The number of hydrogen-bond acceptors (Lipinski definition) is 2. The third-order valence-corrected chi connectivity index (χ3v) is 2.74. The van der Waals surface area contributed by atoms with Gasteiger partial charge in [-0.1, -0.05) is 13.0 Å². The molecule has 0 unspecified atom stereocenters. The maximum atomic E-state index is 10.6. The van der Waals surface area contributed by atoms with Crippen LogP contribution >= 0.6 is 0 Å². The summed E-state index contributed by atoms with van der Waals surface area (Å²) in [6.45, 7) is 3.17. The summed E-state index contributed by atoms with van der Waals surface area (Å²) in [5.74, 6) is 0. The van der Waals surface area contributed by atoms with Gasteiger partial charge in [-0.2, -0.15) is 5.26 Å². The van der Waals surface area contributed by atoms with E-state index in [0.29, 0.717) is 13.1 Å². The maximum Gasteiger partial charge on any atom is 0.407 e. The highest BCUT2D eigenvalue weighted by Gasteiger charge is 2.29. The lowest BCUT2D eigenvalue weighted by molar-refractivity contribution is 0.113. The average molecular weight is 194 g/mol. The molecule has 0 aromatic heterocycles. The number of rotatable bonds is 1. The van der Waals surface area contributed by atoms with Crippen LogP contribution in [0, 0.1) is 16.7 Å². The number of piperidine rings is 1. The van der Waals surface area contributed by atoms with Crippen LogP contribution < -0.4 is 0 Å². The zero-order chi connectivity index (χ0) is 10.6. The van der Waals surface area contributed by atoms with E-state index < -0.39 is 6.09 Å². The Hall–Kier alpha value is -1.50. The van der Waals surface area contributed by atoms with Crippen LogP contribution in [0.4, 0.5) is 4.79 Å². The first-order valence-electron chi connectivity index (χ1n) is 4.63. The summed E-state index contributed by atoms with van der Waals surface area (Å²) >= 11 is 0. The van der Waals surface area contributed by atoms with Gasteiger partial charge in [0.15, 0.2) is 0 Å². The summed E-state index contributed by atoms with van der Waals surface area (Å²) in [7, 11) is 0. The minimum atomic E-state index is -0.851. The normalized spacial score (nSPS) is 20.7. The number of nitrogens with zero attached hydrogens (tertiary/aromatic N) is 2. The van der Waals surface area contributed by atoms with Crippen LogP contribution in [0.25, 0.3) is 0 Å². The lowest BCUT2D eigenvalue weighted by Crippen LogP contribution is -2.40. The summed E-state index contributed by atoms with van der Waals surface area (Å²) in [5.41, 5.74) is -0.0122. The Morgan fingerprint density at radius 3 is 2.57 bits per heavy atom. The molecular weight excluding hydrogens is 180 g/mol. The van der Waals surface area contributed by atoms with Crippen LogP contribution in [-0.2, 0) is 0 Å². The second kappa shape index (κ2) is 4.14. The number of carbonyl (C=O) groups is 1. The van der Waals surface area contributed by atoms with Crippen molar-refractivity contribution in [1.29, 1.82) is 5.26 Å². The third kappa shape index (κ3) is 2.49. The van der Waals surface area contributed by atoms with Crippen molar-refractivity contribution in [2.24, 2.45) is 5.41 Å². The fourth-order valence-corrected chi connectivity index (χ4v) is 1.61. The molecule has 0 radical (unpaired) electrons. The van der Waals surface area contributed by atoms with Crippen LogP contribution in [-0.4, -0.2) is 29.2 Å². The van der Waals surface area contributed by atoms with E-state index in [-0.39, 0.29) is 5.41 Å². The summed E-state index contributed by atoms with van der Waals surface area (Å²) in [5, 5.41) is 17.2. The molecule has 0 spiro atoms. The van der Waals surface area contributed by atoms with E-state index in [2.05, 4.69) is 6.92 Å². The monoisotopic (exact) mass is 194 g/mol. The highest BCUT2D eigenvalue weighted by Crippen LogP contribution is 2.32. The number of hydrogen-bond donors (Lipinski definition) is 1. The van der Waals surface area contributed by atoms with E-state index in [9.17, 15) is 4.79 Å². The minimum absolute atomic E-state index is 0.0122. The summed E-state index contributed by atoms with van der Waals surface area (Å²) in [6, 6.07) is 1.96. The number of carboxylic acid groups (broad SMARTS) is 1. The van der Waals surface area contributed by atoms with E-state index in [1.165, 1.54) is 11.0 Å². The Kier molecular flexibility index (Phi) is 3.13. The van der Waals surface area contributed by atoms with Gasteiger partial charge in [-0.05, 0) is 18.3 Å². The zero-order valence-corrected chi connectivity index (χ0v) is 8.23. The van der Waals surface area contributed by atoms with Crippen LogP contribution in [0.1, 0.15) is 19.8 Å². The largest absolute Gasteiger partial charge is 0.465 e. The highest BCUT2D eigenvalue weighted by atomic mass is 16.4. The lowest BCUT2D eigenvalue weighted by Gasteiger charge is -2.35. The van der Waals surface area contributed by atoms with E-state index in [1.54, 1.807) is 0 Å². The van der Waals surface area contributed by atoms with Gasteiger partial charge < -0.3 is 10.0 Å². The molecule has 4 heteroatoms. The summed E-state index contributed by atoms with van der Waals surface area (Å²) < 4.78 is 0. The van der Waals surface area contributed by atoms with Crippen LogP contribution in [0.2, 0.25) is 0 Å². The molecule has 14 heavy (non-hydrogen) atoms. The number of amides is 1. The van der Waals surface area contributed by atoms with Gasteiger partial charge in [0.05, 0.1) is 6.07 Å². The third-order valence-electron chi connectivity index (χ3n) is 2.74. The molecule has 1 fully saturated rings. The van der Waals surface area contributed by atoms with Gasteiger partial charge in [-0.3, -0.25) is 0 Å². The molecule has 76 valence electrons. The molecular formula is C10H14N2O2. The van der Waals surface area contributed by atoms with Crippen molar-refractivity contribution in [3.63, 3.8) is 0 Å². The van der Waals surface area contributed by atoms with Gasteiger partial charge >= 0.3 is 6.09 Å². The summed E-state index contributed by atoms with van der Waals surface area (Å²) in [6.07, 6.45) is 4.09. The molecule has 1 aliphatic rings. The molecule has 1 heterocycles. The number of allylic oxidation sites excluding steroid dienone is 2. The quantitative estimate of drug-likeness (QED) is 0.648. The highest BCUT2D eigenvalue weighted by molar-refractivity contribution is 5.65. The molecule has 0 bridgehead atoms. The molecule has 0 saturated carbocycles. The Morgan fingerprint density at radius 2 is 2.14 bits per heavy atom. The first-order chi connectivity index (χ1) is 6.57. The number of likely N-dealkylation sites (tertiary alicyclic amines) is 1. The van der Waals surface area contributed by atoms with E-state index in [0.717, 1.165) is 12.8 Å². The Morgan fingerprint density at radius 1 is 1.57 bits per heavy atom. The lowest BCUT2D eigenvalue weighted by atomic mass is 9.80. The second-order valence-electron chi connectivity index (χ2n) is 3.89. The molecule has 0 aromatic carbocycles. The Balaban J connectivity index is 2.54. The van der Waals surface area contributed by atoms with Crippen molar-refractivity contribution in [3.8, 4) is 6.07 Å². The topological polar surface area (TPSA) is 64.3 Å². The number of nitriles is 1. The van der Waals surface area contributed by atoms with Gasteiger partial charge in [-0.15, -0.1) is 0 Å². The van der Waals surface area contributed by atoms with Crippen LogP contribution in [0.3, 0.4) is 0 Å². The van der Waals surface area contributed by atoms with Gasteiger partial charge in [0.2, 0.25) is 0 Å². The molecule has 4 nitrogen and oxygen atoms in total. The molecule has 1 rings (SSSR count). The van der Waals surface area contributed by atoms with Gasteiger partial charge in [0.25, 0.3) is 0 Å². The van der Waals surface area contributed by atoms with E-state index in [1.807, 2.05) is 12.1 Å². The standard InChI is InChI=1S/C10H14N2O2/c1-10(3-2-6-11)4-7-12(8-5-10)9(13)14/h2-3H,4-5,7-8H2,1H3,(H,13,14)/b3-2+. The first-order valence-corrected chi connectivity index (χ1v) is 4.63. The Labute approximate surface area is 83.4 Å². The van der Waals surface area contributed by atoms with Crippen molar-refractivity contribution in [3.05, 3.63) is 12.2 Å². The predicted molar refractivity (Wildman–Crippen MR) is 51.7 cm³/mol. The van der Waals surface area contributed by atoms with Crippen molar-refractivity contribution in [2.45, 2.75) is 19.8 Å². The van der Waals surface area contributed by atoms with Crippen LogP contribution in [0.15, 0.2) is 12.2 Å². The zero-order valence-electron chi connectivity index (χ0n) is 8.23. The van der Waals surface area contributed by atoms with E-state index in [4.69, 9.17) is 10.4 Å². The second-order valence-corrected chi connectivity index (χ2v) is 3.89.